The molecule has 0 aromatic heterocycles. The molecule has 3 atom stereocenters. The number of rotatable bonds is 6. The van der Waals surface area contributed by atoms with Crippen molar-refractivity contribution >= 4 is 11.9 Å². The van der Waals surface area contributed by atoms with Gasteiger partial charge in [-0.05, 0) is 42.4 Å². The number of methoxy groups -OCH3 is 1. The normalized spacial score (nSPS) is 22.2. The van der Waals surface area contributed by atoms with E-state index >= 15 is 0 Å². The molecule has 0 bridgehead atoms. The molecule has 5 nitrogen and oxygen atoms in total. The van der Waals surface area contributed by atoms with Gasteiger partial charge in [0.05, 0.1) is 7.11 Å². The van der Waals surface area contributed by atoms with E-state index in [2.05, 4.69) is 12.2 Å². The number of benzene rings is 1. The van der Waals surface area contributed by atoms with Crippen molar-refractivity contribution in [3.8, 4) is 5.75 Å². The average Bonchev–Trinajstić information content (AvgIpc) is 2.52. The van der Waals surface area contributed by atoms with E-state index in [0.717, 1.165) is 19.3 Å². The van der Waals surface area contributed by atoms with E-state index in [-0.39, 0.29) is 5.91 Å². The van der Waals surface area contributed by atoms with Gasteiger partial charge in [-0.3, -0.25) is 4.79 Å². The molecule has 1 fully saturated rings. The van der Waals surface area contributed by atoms with Crippen LogP contribution < -0.4 is 10.1 Å². The van der Waals surface area contributed by atoms with Crippen LogP contribution in [0.3, 0.4) is 0 Å². The molecule has 126 valence electrons. The second-order valence-electron chi connectivity index (χ2n) is 6.45. The Hall–Kier alpha value is -2.04. The zero-order chi connectivity index (χ0) is 16.8. The highest BCUT2D eigenvalue weighted by Gasteiger charge is 2.25. The first-order valence-corrected chi connectivity index (χ1v) is 8.15. The van der Waals surface area contributed by atoms with E-state index in [1.165, 1.54) is 6.42 Å². The summed E-state index contributed by atoms with van der Waals surface area (Å²) in [5.41, 5.74) is 0.545. The highest BCUT2D eigenvalue weighted by atomic mass is 16.5. The van der Waals surface area contributed by atoms with Crippen LogP contribution in [0.4, 0.5) is 0 Å². The molecular weight excluding hydrogens is 294 g/mol. The van der Waals surface area contributed by atoms with Gasteiger partial charge in [0, 0.05) is 6.42 Å². The summed E-state index contributed by atoms with van der Waals surface area (Å²) in [5, 5.41) is 12.1. The number of hydrogen-bond acceptors (Lipinski definition) is 3. The lowest BCUT2D eigenvalue weighted by Crippen LogP contribution is -2.35. The van der Waals surface area contributed by atoms with Crippen molar-refractivity contribution in [2.45, 2.75) is 45.1 Å². The lowest BCUT2D eigenvalue weighted by atomic mass is 9.80. The molecule has 1 saturated carbocycles. The second kappa shape index (κ2) is 7.99. The fourth-order valence-electron chi connectivity index (χ4n) is 3.31. The van der Waals surface area contributed by atoms with Crippen molar-refractivity contribution in [3.63, 3.8) is 0 Å². The number of carboxylic acid groups (broad SMARTS) is 1. The van der Waals surface area contributed by atoms with Gasteiger partial charge in [-0.25, -0.2) is 4.79 Å². The summed E-state index contributed by atoms with van der Waals surface area (Å²) >= 11 is 0. The predicted octanol–water partition coefficient (Wildman–Crippen LogP) is 3.15. The van der Waals surface area contributed by atoms with Crippen LogP contribution in [0.5, 0.6) is 5.75 Å². The fourth-order valence-corrected chi connectivity index (χ4v) is 3.31. The monoisotopic (exact) mass is 319 g/mol. The van der Waals surface area contributed by atoms with Crippen molar-refractivity contribution in [1.29, 1.82) is 0 Å². The quantitative estimate of drug-likeness (QED) is 0.844. The minimum absolute atomic E-state index is 0.188. The Labute approximate surface area is 137 Å². The first-order valence-electron chi connectivity index (χ1n) is 8.15. The van der Waals surface area contributed by atoms with E-state index in [0.29, 0.717) is 29.6 Å². The molecule has 1 aromatic carbocycles. The predicted molar refractivity (Wildman–Crippen MR) is 87.3 cm³/mol. The molecule has 2 N–H and O–H groups in total. The molecule has 3 unspecified atom stereocenters. The van der Waals surface area contributed by atoms with Gasteiger partial charge in [0.15, 0.2) is 6.04 Å². The molecular formula is C18H25NO4. The van der Waals surface area contributed by atoms with Crippen molar-refractivity contribution in [1.82, 2.24) is 5.32 Å². The molecule has 5 heteroatoms. The second-order valence-corrected chi connectivity index (χ2v) is 6.45. The van der Waals surface area contributed by atoms with Crippen LogP contribution in [0.25, 0.3) is 0 Å². The van der Waals surface area contributed by atoms with Gasteiger partial charge < -0.3 is 15.2 Å². The molecule has 2 rings (SSSR count). The molecule has 1 aliphatic rings. The van der Waals surface area contributed by atoms with Crippen LogP contribution in [-0.2, 0) is 9.59 Å². The van der Waals surface area contributed by atoms with Crippen LogP contribution in [0.2, 0.25) is 0 Å². The number of aliphatic carboxylic acids is 1. The lowest BCUT2D eigenvalue weighted by molar-refractivity contribution is -0.142. The summed E-state index contributed by atoms with van der Waals surface area (Å²) in [7, 11) is 1.55. The number of hydrogen-bond donors (Lipinski definition) is 2. The number of carbonyl (C=O) groups excluding carboxylic acids is 1. The van der Waals surface area contributed by atoms with Crippen molar-refractivity contribution in [2.75, 3.05) is 7.11 Å². The molecule has 1 amide bonds. The standard InChI is InChI=1S/C18H25NO4/c1-12-4-3-5-13(10-12)11-16(20)19-17(18(21)22)14-6-8-15(23-2)9-7-14/h6-9,12-13,17H,3-5,10-11H2,1-2H3,(H,19,20)(H,21,22). The molecule has 0 saturated heterocycles. The number of amides is 1. The number of nitrogens with one attached hydrogen (secondary N) is 1. The first kappa shape index (κ1) is 17.3. The van der Waals surface area contributed by atoms with Gasteiger partial charge in [-0.1, -0.05) is 31.9 Å². The van der Waals surface area contributed by atoms with Gasteiger partial charge in [-0.15, -0.1) is 0 Å². The molecule has 1 aromatic rings. The smallest absolute Gasteiger partial charge is 0.330 e. The summed E-state index contributed by atoms with van der Waals surface area (Å²) in [6.45, 7) is 2.21. The average molecular weight is 319 g/mol. The minimum Gasteiger partial charge on any atom is -0.497 e. The van der Waals surface area contributed by atoms with Gasteiger partial charge >= 0.3 is 5.97 Å². The number of carboxylic acids is 1. The molecule has 1 aliphatic carbocycles. The minimum atomic E-state index is -1.06. The van der Waals surface area contributed by atoms with Crippen molar-refractivity contribution in [3.05, 3.63) is 29.8 Å². The molecule has 0 heterocycles. The maximum absolute atomic E-state index is 12.2. The zero-order valence-electron chi connectivity index (χ0n) is 13.7. The molecule has 23 heavy (non-hydrogen) atoms. The SMILES string of the molecule is COc1ccc(C(NC(=O)CC2CCCC(C)C2)C(=O)O)cc1. The molecule has 0 aliphatic heterocycles. The lowest BCUT2D eigenvalue weighted by Gasteiger charge is -2.26. The summed E-state index contributed by atoms with van der Waals surface area (Å²) in [6.07, 6.45) is 4.89. The Morgan fingerprint density at radius 3 is 2.57 bits per heavy atom. The topological polar surface area (TPSA) is 75.6 Å². The zero-order valence-corrected chi connectivity index (χ0v) is 13.7. The Kier molecular flexibility index (Phi) is 6.02. The van der Waals surface area contributed by atoms with Crippen molar-refractivity contribution in [2.24, 2.45) is 11.8 Å². The Bertz CT molecular complexity index is 540. The van der Waals surface area contributed by atoms with Crippen molar-refractivity contribution < 1.29 is 19.4 Å². The third-order valence-electron chi connectivity index (χ3n) is 4.52. The van der Waals surface area contributed by atoms with E-state index in [1.807, 2.05) is 0 Å². The summed E-state index contributed by atoms with van der Waals surface area (Å²) in [6, 6.07) is 5.70. The fraction of sp³-hybridized carbons (Fsp3) is 0.556. The Morgan fingerprint density at radius 2 is 2.00 bits per heavy atom. The van der Waals surface area contributed by atoms with E-state index < -0.39 is 12.0 Å². The number of ether oxygens (including phenoxy) is 1. The summed E-state index contributed by atoms with van der Waals surface area (Å²) in [4.78, 5) is 23.7. The van der Waals surface area contributed by atoms with Crippen LogP contribution in [0.1, 0.15) is 50.6 Å². The Balaban J connectivity index is 1.98. The molecule has 0 radical (unpaired) electrons. The third kappa shape index (κ3) is 4.98. The van der Waals surface area contributed by atoms with Gasteiger partial charge in [0.2, 0.25) is 5.91 Å². The van der Waals surface area contributed by atoms with Crippen LogP contribution in [0.15, 0.2) is 24.3 Å². The summed E-state index contributed by atoms with van der Waals surface area (Å²) < 4.78 is 5.07. The Morgan fingerprint density at radius 1 is 1.30 bits per heavy atom. The third-order valence-corrected chi connectivity index (χ3v) is 4.52. The van der Waals surface area contributed by atoms with E-state index in [9.17, 15) is 14.7 Å². The summed E-state index contributed by atoms with van der Waals surface area (Å²) in [5.74, 6) is 0.427. The molecule has 0 spiro atoms. The van der Waals surface area contributed by atoms with E-state index in [4.69, 9.17) is 4.74 Å². The number of carbonyl (C=O) groups is 2. The van der Waals surface area contributed by atoms with Crippen LogP contribution in [0, 0.1) is 11.8 Å². The highest BCUT2D eigenvalue weighted by Crippen LogP contribution is 2.30. The maximum atomic E-state index is 12.2. The maximum Gasteiger partial charge on any atom is 0.330 e. The van der Waals surface area contributed by atoms with Gasteiger partial charge in [0.25, 0.3) is 0 Å². The van der Waals surface area contributed by atoms with Crippen LogP contribution in [-0.4, -0.2) is 24.1 Å². The first-order chi connectivity index (χ1) is 11.0. The van der Waals surface area contributed by atoms with Crippen LogP contribution >= 0.6 is 0 Å². The largest absolute Gasteiger partial charge is 0.497 e. The van der Waals surface area contributed by atoms with Gasteiger partial charge in [0.1, 0.15) is 5.75 Å². The highest BCUT2D eigenvalue weighted by molar-refractivity contribution is 5.84. The van der Waals surface area contributed by atoms with Gasteiger partial charge in [-0.2, -0.15) is 0 Å². The van der Waals surface area contributed by atoms with E-state index in [1.54, 1.807) is 31.4 Å².